The van der Waals surface area contributed by atoms with Crippen molar-refractivity contribution in [2.75, 3.05) is 0 Å². The van der Waals surface area contributed by atoms with E-state index in [1.54, 1.807) is 12.1 Å². The summed E-state index contributed by atoms with van der Waals surface area (Å²) >= 11 is 0. The lowest BCUT2D eigenvalue weighted by Crippen LogP contribution is -2.04. The Balaban J connectivity index is 2.10. The van der Waals surface area contributed by atoms with Crippen LogP contribution in [-0.4, -0.2) is 11.3 Å². The van der Waals surface area contributed by atoms with Crippen molar-refractivity contribution in [1.29, 1.82) is 0 Å². The van der Waals surface area contributed by atoms with Crippen molar-refractivity contribution in [3.63, 3.8) is 0 Å². The summed E-state index contributed by atoms with van der Waals surface area (Å²) in [5, 5.41) is 0. The molecule has 0 aliphatic heterocycles. The quantitative estimate of drug-likeness (QED) is 0.612. The van der Waals surface area contributed by atoms with E-state index in [-0.39, 0.29) is 6.42 Å². The molecule has 0 spiro atoms. The van der Waals surface area contributed by atoms with Crippen molar-refractivity contribution < 1.29 is 18.0 Å². The lowest BCUT2D eigenvalue weighted by molar-refractivity contribution is -0.137. The zero-order valence-electron chi connectivity index (χ0n) is 13.1. The molecule has 0 bridgehead atoms. The van der Waals surface area contributed by atoms with Crippen LogP contribution in [0.4, 0.5) is 13.2 Å². The zero-order valence-corrected chi connectivity index (χ0v) is 13.1. The average molecular weight is 341 g/mol. The minimum absolute atomic E-state index is 0.188. The molecule has 1 heterocycles. The first-order valence-corrected chi connectivity index (χ1v) is 7.65. The number of aromatic nitrogens is 1. The molecule has 5 heteroatoms. The van der Waals surface area contributed by atoms with Gasteiger partial charge in [-0.05, 0) is 23.8 Å². The molecule has 0 amide bonds. The highest BCUT2D eigenvalue weighted by Gasteiger charge is 2.30. The van der Waals surface area contributed by atoms with Crippen LogP contribution in [0.15, 0.2) is 66.7 Å². The minimum Gasteiger partial charge on any atom is -0.303 e. The van der Waals surface area contributed by atoms with Gasteiger partial charge >= 0.3 is 6.18 Å². The first-order valence-electron chi connectivity index (χ1n) is 7.65. The molecule has 0 atom stereocenters. The molecular weight excluding hydrogens is 327 g/mol. The van der Waals surface area contributed by atoms with Gasteiger partial charge in [0.2, 0.25) is 0 Å². The Bertz CT molecular complexity index is 872. The third kappa shape index (κ3) is 3.76. The summed E-state index contributed by atoms with van der Waals surface area (Å²) < 4.78 is 38.3. The van der Waals surface area contributed by atoms with Gasteiger partial charge in [0.1, 0.15) is 6.29 Å². The molecule has 25 heavy (non-hydrogen) atoms. The lowest BCUT2D eigenvalue weighted by Gasteiger charge is -2.12. The maximum atomic E-state index is 12.8. The van der Waals surface area contributed by atoms with Crippen molar-refractivity contribution >= 4 is 6.29 Å². The number of nitrogens with zero attached hydrogens (tertiary/aromatic N) is 1. The third-order valence-corrected chi connectivity index (χ3v) is 3.82. The molecule has 0 saturated heterocycles. The topological polar surface area (TPSA) is 30.0 Å². The second-order valence-electron chi connectivity index (χ2n) is 5.51. The van der Waals surface area contributed by atoms with Crippen LogP contribution in [0.1, 0.15) is 11.3 Å². The van der Waals surface area contributed by atoms with E-state index >= 15 is 0 Å². The summed E-state index contributed by atoms with van der Waals surface area (Å²) in [5.74, 6) is 0. The first kappa shape index (κ1) is 16.9. The highest BCUT2D eigenvalue weighted by Crippen LogP contribution is 2.34. The van der Waals surface area contributed by atoms with Gasteiger partial charge in [0.05, 0.1) is 11.3 Å². The summed E-state index contributed by atoms with van der Waals surface area (Å²) in [6, 6.07) is 17.8. The van der Waals surface area contributed by atoms with Gasteiger partial charge in [-0.2, -0.15) is 13.2 Å². The predicted molar refractivity (Wildman–Crippen MR) is 89.9 cm³/mol. The van der Waals surface area contributed by atoms with E-state index in [0.717, 1.165) is 29.5 Å². The van der Waals surface area contributed by atoms with Crippen molar-refractivity contribution in [3.8, 4) is 22.4 Å². The molecule has 126 valence electrons. The zero-order chi connectivity index (χ0) is 17.9. The summed E-state index contributed by atoms with van der Waals surface area (Å²) in [6.07, 6.45) is -3.41. The maximum absolute atomic E-state index is 12.8. The maximum Gasteiger partial charge on any atom is 0.416 e. The first-order chi connectivity index (χ1) is 12.0. The Kier molecular flexibility index (Phi) is 4.65. The van der Waals surface area contributed by atoms with Crippen LogP contribution in [-0.2, 0) is 17.4 Å². The molecular formula is C20H14F3NO. The summed E-state index contributed by atoms with van der Waals surface area (Å²) in [6.45, 7) is 0. The molecule has 0 saturated carbocycles. The fourth-order valence-electron chi connectivity index (χ4n) is 2.59. The van der Waals surface area contributed by atoms with Crippen LogP contribution in [0.2, 0.25) is 0 Å². The molecule has 1 aromatic heterocycles. The molecule has 2 aromatic carbocycles. The van der Waals surface area contributed by atoms with Crippen molar-refractivity contribution in [1.82, 2.24) is 4.98 Å². The van der Waals surface area contributed by atoms with Gasteiger partial charge in [-0.15, -0.1) is 0 Å². The van der Waals surface area contributed by atoms with Gasteiger partial charge in [-0.25, -0.2) is 0 Å². The SMILES string of the molecule is O=CCc1ccc(-c2ccc(C(F)(F)F)cc2)c(-c2ccccc2)n1. The molecule has 3 aromatic rings. The van der Waals surface area contributed by atoms with Gasteiger partial charge in [0, 0.05) is 23.2 Å². The van der Waals surface area contributed by atoms with E-state index in [9.17, 15) is 18.0 Å². The number of benzene rings is 2. The molecule has 0 aliphatic carbocycles. The van der Waals surface area contributed by atoms with Crippen molar-refractivity contribution in [2.24, 2.45) is 0 Å². The molecule has 0 aliphatic rings. The number of aldehydes is 1. The Morgan fingerprint density at radius 3 is 2.12 bits per heavy atom. The second kappa shape index (κ2) is 6.89. The van der Waals surface area contributed by atoms with Crippen molar-refractivity contribution in [3.05, 3.63) is 78.0 Å². The van der Waals surface area contributed by atoms with Crippen LogP contribution in [0.5, 0.6) is 0 Å². The van der Waals surface area contributed by atoms with Crippen LogP contribution in [0.25, 0.3) is 22.4 Å². The van der Waals surface area contributed by atoms with Crippen LogP contribution in [0, 0.1) is 0 Å². The summed E-state index contributed by atoms with van der Waals surface area (Å²) in [5.41, 5.74) is 2.75. The van der Waals surface area contributed by atoms with Crippen LogP contribution < -0.4 is 0 Å². The highest BCUT2D eigenvalue weighted by atomic mass is 19.4. The third-order valence-electron chi connectivity index (χ3n) is 3.82. The average Bonchev–Trinajstić information content (AvgIpc) is 2.62. The van der Waals surface area contributed by atoms with E-state index < -0.39 is 11.7 Å². The van der Waals surface area contributed by atoms with E-state index in [2.05, 4.69) is 4.98 Å². The number of halogens is 3. The van der Waals surface area contributed by atoms with Gasteiger partial charge in [0.15, 0.2) is 0 Å². The summed E-state index contributed by atoms with van der Waals surface area (Å²) in [7, 11) is 0. The van der Waals surface area contributed by atoms with E-state index in [1.807, 2.05) is 30.3 Å². The number of hydrogen-bond donors (Lipinski definition) is 0. The van der Waals surface area contributed by atoms with Gasteiger partial charge in [0.25, 0.3) is 0 Å². The monoisotopic (exact) mass is 341 g/mol. The van der Waals surface area contributed by atoms with Gasteiger partial charge in [-0.1, -0.05) is 48.5 Å². The number of pyridine rings is 1. The lowest BCUT2D eigenvalue weighted by atomic mass is 9.97. The second-order valence-corrected chi connectivity index (χ2v) is 5.51. The smallest absolute Gasteiger partial charge is 0.303 e. The molecule has 3 rings (SSSR count). The molecule has 0 N–H and O–H groups in total. The van der Waals surface area contributed by atoms with E-state index in [1.165, 1.54) is 12.1 Å². The van der Waals surface area contributed by atoms with E-state index in [4.69, 9.17) is 0 Å². The number of hydrogen-bond acceptors (Lipinski definition) is 2. The fourth-order valence-corrected chi connectivity index (χ4v) is 2.59. The Hall–Kier alpha value is -2.95. The predicted octanol–water partition coefficient (Wildman–Crippen LogP) is 5.18. The molecule has 0 fully saturated rings. The van der Waals surface area contributed by atoms with Gasteiger partial charge < -0.3 is 4.79 Å². The molecule has 2 nitrogen and oxygen atoms in total. The molecule has 0 radical (unpaired) electrons. The number of alkyl halides is 3. The van der Waals surface area contributed by atoms with Crippen LogP contribution >= 0.6 is 0 Å². The molecule has 0 unspecified atom stereocenters. The number of carbonyl (C=O) groups is 1. The largest absolute Gasteiger partial charge is 0.416 e. The highest BCUT2D eigenvalue weighted by molar-refractivity contribution is 5.81. The minimum atomic E-state index is -4.37. The van der Waals surface area contributed by atoms with Crippen LogP contribution in [0.3, 0.4) is 0 Å². The fraction of sp³-hybridized carbons (Fsp3) is 0.100. The normalized spacial score (nSPS) is 11.3. The Morgan fingerprint density at radius 1 is 0.840 bits per heavy atom. The van der Waals surface area contributed by atoms with Crippen molar-refractivity contribution in [2.45, 2.75) is 12.6 Å². The summed E-state index contributed by atoms with van der Waals surface area (Å²) in [4.78, 5) is 15.3. The Labute approximate surface area is 143 Å². The number of carbonyl (C=O) groups excluding carboxylic acids is 1. The Morgan fingerprint density at radius 2 is 1.52 bits per heavy atom. The standard InChI is InChI=1S/C20H14F3NO/c21-20(22,23)16-8-6-14(7-9-16)18-11-10-17(12-13-25)24-19(18)15-4-2-1-3-5-15/h1-11,13H,12H2. The van der Waals surface area contributed by atoms with Gasteiger partial charge in [-0.3, -0.25) is 4.98 Å². The van der Waals surface area contributed by atoms with E-state index in [0.29, 0.717) is 17.0 Å². The number of rotatable bonds is 4.